The number of piperazine rings is 1. The minimum Gasteiger partial charge on any atom is -0.497 e. The Kier molecular flexibility index (Phi) is 8.46. The molecule has 3 atom stereocenters. The summed E-state index contributed by atoms with van der Waals surface area (Å²) in [5.74, 6) is 1.15. The summed E-state index contributed by atoms with van der Waals surface area (Å²) in [5, 5.41) is 1.18. The van der Waals surface area contributed by atoms with Crippen molar-refractivity contribution in [3.8, 4) is 17.0 Å². The van der Waals surface area contributed by atoms with E-state index >= 15 is 0 Å². The van der Waals surface area contributed by atoms with E-state index in [2.05, 4.69) is 61.0 Å². The first kappa shape index (κ1) is 31.5. The number of nitrogens with two attached hydrogens (primary N) is 1. The largest absolute Gasteiger partial charge is 0.497 e. The molecule has 7 rings (SSSR count). The Morgan fingerprint density at radius 2 is 1.82 bits per heavy atom. The molecule has 9 heteroatoms. The Morgan fingerprint density at radius 3 is 2.47 bits per heavy atom. The van der Waals surface area contributed by atoms with Crippen LogP contribution in [-0.2, 0) is 11.3 Å². The van der Waals surface area contributed by atoms with Crippen LogP contribution in [0, 0.1) is 5.41 Å². The van der Waals surface area contributed by atoms with Crippen molar-refractivity contribution < 1.29 is 14.3 Å². The van der Waals surface area contributed by atoms with Gasteiger partial charge in [0.1, 0.15) is 5.75 Å². The van der Waals surface area contributed by atoms with Crippen molar-refractivity contribution in [3.05, 3.63) is 65.4 Å². The summed E-state index contributed by atoms with van der Waals surface area (Å²) in [5.41, 5.74) is 12.7. The lowest BCUT2D eigenvalue weighted by Crippen LogP contribution is -2.53. The molecule has 240 valence electrons. The van der Waals surface area contributed by atoms with Gasteiger partial charge in [-0.1, -0.05) is 44.7 Å². The number of aromatic nitrogens is 1. The van der Waals surface area contributed by atoms with Crippen molar-refractivity contribution in [2.75, 3.05) is 41.3 Å². The Hall–Kier alpha value is -3.43. The fourth-order valence-electron chi connectivity index (χ4n) is 8.05. The van der Waals surface area contributed by atoms with Gasteiger partial charge in [0, 0.05) is 59.8 Å². The van der Waals surface area contributed by atoms with E-state index in [9.17, 15) is 9.59 Å². The monoisotopic (exact) mass is 629 g/mol. The minimum atomic E-state index is -0.555. The number of carbonyl (C=O) groups is 2. The molecule has 2 aromatic carbocycles. The Balaban J connectivity index is 0.000000845. The van der Waals surface area contributed by atoms with Crippen LogP contribution in [0.5, 0.6) is 5.75 Å². The Morgan fingerprint density at radius 1 is 1.11 bits per heavy atom. The molecule has 8 nitrogen and oxygen atoms in total. The van der Waals surface area contributed by atoms with Gasteiger partial charge in [-0.15, -0.1) is 0 Å². The lowest BCUT2D eigenvalue weighted by Gasteiger charge is -2.42. The van der Waals surface area contributed by atoms with Gasteiger partial charge < -0.3 is 24.8 Å². The van der Waals surface area contributed by atoms with Crippen molar-refractivity contribution in [1.29, 1.82) is 0 Å². The predicted molar refractivity (Wildman–Crippen MR) is 184 cm³/mol. The average molecular weight is 630 g/mol. The second-order valence-corrected chi connectivity index (χ2v) is 14.5. The van der Waals surface area contributed by atoms with Gasteiger partial charge in [0.25, 0.3) is 0 Å². The standard InChI is InChI=1S/C34H40N4O3.C2H7NS/c1-20-17-37(18-21(2)36(20)3)33(40)34-16-28(34)27-15-24(41-4)11-13-25(27)31-30(22-8-6-5-7-9-22)26-12-10-23(32(35)39)14-29(26)38(31)19-34;1-3(2)4/h10-15,21-22,28H,1,5-9,16-19H2,2-4H3,(H2,35,39);4H,1-2H3. The number of ether oxygens (including phenoxy) is 1. The second-order valence-electron chi connectivity index (χ2n) is 13.7. The number of fused-ring (bicyclic) bond motifs is 7. The number of benzene rings is 2. The molecular formula is C36H47N5O3S. The highest BCUT2D eigenvalue weighted by Crippen LogP contribution is 2.66. The molecule has 45 heavy (non-hydrogen) atoms. The van der Waals surface area contributed by atoms with E-state index in [4.69, 9.17) is 10.5 Å². The summed E-state index contributed by atoms with van der Waals surface area (Å²) in [6, 6.07) is 12.5. The van der Waals surface area contributed by atoms with Crippen LogP contribution in [0.25, 0.3) is 22.2 Å². The SMILES string of the molecule is C=C1CN(C(=O)C23CC2c2cc(OC)ccc2-c2c(C4CCCCC4)c4ccc(C(N)=O)cc4n2C3)CC(C)N1C.CN(C)S. The van der Waals surface area contributed by atoms with Crippen molar-refractivity contribution >= 4 is 35.5 Å². The first-order valence-corrected chi connectivity index (χ1v) is 16.6. The number of rotatable bonds is 4. The fraction of sp³-hybridized carbons (Fsp3) is 0.500. The van der Waals surface area contributed by atoms with Crippen molar-refractivity contribution in [3.63, 3.8) is 0 Å². The van der Waals surface area contributed by atoms with Crippen LogP contribution >= 0.6 is 12.8 Å². The number of primary amides is 1. The van der Waals surface area contributed by atoms with Crippen LogP contribution in [-0.4, -0.2) is 77.9 Å². The number of nitrogens with zero attached hydrogens (tertiary/aromatic N) is 4. The summed E-state index contributed by atoms with van der Waals surface area (Å²) in [4.78, 5) is 31.1. The number of methoxy groups -OCH3 is 1. The van der Waals surface area contributed by atoms with Gasteiger partial charge in [0.2, 0.25) is 11.8 Å². The first-order valence-electron chi connectivity index (χ1n) is 16.2. The maximum atomic E-state index is 14.6. The van der Waals surface area contributed by atoms with E-state index in [0.29, 0.717) is 31.1 Å². The van der Waals surface area contributed by atoms with Crippen LogP contribution < -0.4 is 10.5 Å². The van der Waals surface area contributed by atoms with E-state index in [1.54, 1.807) is 11.4 Å². The van der Waals surface area contributed by atoms with Gasteiger partial charge in [0.05, 0.1) is 24.8 Å². The quantitative estimate of drug-likeness (QED) is 0.345. The molecule has 0 spiro atoms. The van der Waals surface area contributed by atoms with E-state index in [1.807, 2.05) is 37.2 Å². The van der Waals surface area contributed by atoms with Gasteiger partial charge in [-0.3, -0.25) is 13.9 Å². The third kappa shape index (κ3) is 5.52. The summed E-state index contributed by atoms with van der Waals surface area (Å²) in [7, 11) is 7.49. The molecule has 3 fully saturated rings. The molecule has 2 amide bonds. The summed E-state index contributed by atoms with van der Waals surface area (Å²) in [6.45, 7) is 8.24. The van der Waals surface area contributed by atoms with Crippen LogP contribution in [0.1, 0.15) is 78.8 Å². The zero-order valence-electron chi connectivity index (χ0n) is 27.3. The molecule has 2 N–H and O–H groups in total. The average Bonchev–Trinajstić information content (AvgIpc) is 3.69. The maximum absolute atomic E-state index is 14.6. The number of hydrogen-bond acceptors (Lipinski definition) is 6. The maximum Gasteiger partial charge on any atom is 0.248 e. The molecule has 1 aromatic heterocycles. The first-order chi connectivity index (χ1) is 21.5. The van der Waals surface area contributed by atoms with Gasteiger partial charge in [-0.05, 0) is 87.7 Å². The van der Waals surface area contributed by atoms with Crippen molar-refractivity contribution in [2.24, 2.45) is 11.1 Å². The van der Waals surface area contributed by atoms with E-state index < -0.39 is 11.3 Å². The molecule has 0 bridgehead atoms. The summed E-state index contributed by atoms with van der Waals surface area (Å²) >= 11 is 3.80. The lowest BCUT2D eigenvalue weighted by molar-refractivity contribution is -0.139. The molecule has 0 radical (unpaired) electrons. The number of likely N-dealkylation sites (N-methyl/N-ethyl adjacent to an activating group) is 1. The minimum absolute atomic E-state index is 0.108. The molecule has 3 heterocycles. The number of carbonyl (C=O) groups excluding carboxylic acids is 2. The van der Waals surface area contributed by atoms with E-state index in [0.717, 1.165) is 36.2 Å². The molecule has 3 unspecified atom stereocenters. The normalized spacial score (nSPS) is 24.3. The highest BCUT2D eigenvalue weighted by atomic mass is 32.1. The zero-order chi connectivity index (χ0) is 32.2. The molecular weight excluding hydrogens is 582 g/mol. The van der Waals surface area contributed by atoms with Crippen LogP contribution in [0.15, 0.2) is 48.7 Å². The van der Waals surface area contributed by atoms with Gasteiger partial charge in [-0.25, -0.2) is 0 Å². The van der Waals surface area contributed by atoms with Gasteiger partial charge in [-0.2, -0.15) is 0 Å². The van der Waals surface area contributed by atoms with Crippen molar-refractivity contribution in [2.45, 2.75) is 69.9 Å². The molecule has 2 aliphatic carbocycles. The second kappa shape index (κ2) is 12.1. The van der Waals surface area contributed by atoms with Gasteiger partial charge >= 0.3 is 0 Å². The third-order valence-corrected chi connectivity index (χ3v) is 10.5. The van der Waals surface area contributed by atoms with Gasteiger partial charge in [0.15, 0.2) is 0 Å². The number of thiol groups is 1. The van der Waals surface area contributed by atoms with Crippen molar-refractivity contribution in [1.82, 2.24) is 18.7 Å². The molecule has 2 aliphatic heterocycles. The third-order valence-electron chi connectivity index (χ3n) is 10.5. The topological polar surface area (TPSA) is 84.0 Å². The number of amides is 2. The predicted octanol–water partition coefficient (Wildman–Crippen LogP) is 6.02. The molecule has 2 saturated carbocycles. The van der Waals surface area contributed by atoms with Crippen LogP contribution in [0.3, 0.4) is 0 Å². The molecule has 4 aliphatic rings. The Labute approximate surface area is 272 Å². The smallest absolute Gasteiger partial charge is 0.248 e. The van der Waals surface area contributed by atoms with E-state index in [-0.39, 0.29) is 17.9 Å². The Bertz CT molecular complexity index is 1660. The fourth-order valence-corrected chi connectivity index (χ4v) is 8.05. The highest BCUT2D eigenvalue weighted by Gasteiger charge is 2.64. The summed E-state index contributed by atoms with van der Waals surface area (Å²) < 4.78 is 9.77. The zero-order valence-corrected chi connectivity index (χ0v) is 28.2. The molecule has 1 saturated heterocycles. The lowest BCUT2D eigenvalue weighted by atomic mass is 9.81. The summed E-state index contributed by atoms with van der Waals surface area (Å²) in [6.07, 6.45) is 6.84. The van der Waals surface area contributed by atoms with E-state index in [1.165, 1.54) is 47.0 Å². The number of hydrogen-bond donors (Lipinski definition) is 2. The van der Waals surface area contributed by atoms with Crippen LogP contribution in [0.2, 0.25) is 0 Å². The highest BCUT2D eigenvalue weighted by molar-refractivity contribution is 7.77. The van der Waals surface area contributed by atoms with Crippen LogP contribution in [0.4, 0.5) is 0 Å². The molecule has 3 aromatic rings.